The van der Waals surface area contributed by atoms with Crippen LogP contribution >= 0.6 is 0 Å². The second kappa shape index (κ2) is 7.36. The maximum atomic E-state index is 12.2. The second-order valence-corrected chi connectivity index (χ2v) is 6.54. The molecule has 0 bridgehead atoms. The van der Waals surface area contributed by atoms with Crippen molar-refractivity contribution in [2.24, 2.45) is 0 Å². The van der Waals surface area contributed by atoms with E-state index >= 15 is 0 Å². The average molecular weight is 335 g/mol. The Morgan fingerprint density at radius 3 is 2.67 bits per heavy atom. The molecule has 1 aliphatic carbocycles. The van der Waals surface area contributed by atoms with Crippen LogP contribution in [0.2, 0.25) is 0 Å². The highest BCUT2D eigenvalue weighted by Gasteiger charge is 2.30. The van der Waals surface area contributed by atoms with Crippen LogP contribution in [0.3, 0.4) is 0 Å². The number of furan rings is 1. The van der Waals surface area contributed by atoms with Crippen molar-refractivity contribution in [1.29, 1.82) is 0 Å². The first kappa shape index (κ1) is 17.0. The third-order valence-corrected chi connectivity index (χ3v) is 4.77. The Kier molecular flexibility index (Phi) is 5.20. The minimum absolute atomic E-state index is 0.0905. The van der Waals surface area contributed by atoms with E-state index in [4.69, 9.17) is 9.15 Å². The number of nitrogens with zero attached hydrogens (tertiary/aromatic N) is 2. The monoisotopic (exact) mass is 335 g/mol. The van der Waals surface area contributed by atoms with Crippen molar-refractivity contribution in [2.45, 2.75) is 38.4 Å². The number of hydrogen-bond donors (Lipinski definition) is 1. The van der Waals surface area contributed by atoms with Gasteiger partial charge in [-0.25, -0.2) is 4.79 Å². The number of methoxy groups -OCH3 is 1. The van der Waals surface area contributed by atoms with Crippen molar-refractivity contribution in [3.05, 3.63) is 23.7 Å². The Balaban J connectivity index is 1.49. The van der Waals surface area contributed by atoms with Gasteiger partial charge < -0.3 is 14.5 Å². The topological polar surface area (TPSA) is 75.0 Å². The number of piperazine rings is 1. The SMILES string of the molecule is COC(=O)c1occc1CN1CCN(C(C)C(=O)NC2CC2)CC1. The van der Waals surface area contributed by atoms with E-state index in [1.54, 1.807) is 0 Å². The summed E-state index contributed by atoms with van der Waals surface area (Å²) in [4.78, 5) is 28.3. The number of esters is 1. The van der Waals surface area contributed by atoms with E-state index in [9.17, 15) is 9.59 Å². The molecule has 2 aliphatic rings. The van der Waals surface area contributed by atoms with Gasteiger partial charge in [-0.1, -0.05) is 0 Å². The standard InChI is InChI=1S/C17H25N3O4/c1-12(16(21)18-14-3-4-14)20-8-6-19(7-9-20)11-13-5-10-24-15(13)17(22)23-2/h5,10,12,14H,3-4,6-9,11H2,1-2H3,(H,18,21). The van der Waals surface area contributed by atoms with Crippen molar-refractivity contribution in [2.75, 3.05) is 33.3 Å². The van der Waals surface area contributed by atoms with Crippen molar-refractivity contribution >= 4 is 11.9 Å². The quantitative estimate of drug-likeness (QED) is 0.777. The number of hydrogen-bond acceptors (Lipinski definition) is 6. The first-order valence-electron chi connectivity index (χ1n) is 8.50. The van der Waals surface area contributed by atoms with Crippen LogP contribution in [0.4, 0.5) is 0 Å². The molecule has 2 heterocycles. The molecular formula is C17H25N3O4. The summed E-state index contributed by atoms with van der Waals surface area (Å²) in [5.74, 6) is -0.0372. The van der Waals surface area contributed by atoms with Crippen molar-refractivity contribution in [1.82, 2.24) is 15.1 Å². The highest BCUT2D eigenvalue weighted by atomic mass is 16.5. The lowest BCUT2D eigenvalue weighted by Crippen LogP contribution is -2.53. The van der Waals surface area contributed by atoms with E-state index in [0.717, 1.165) is 44.6 Å². The van der Waals surface area contributed by atoms with Crippen LogP contribution in [0.25, 0.3) is 0 Å². The smallest absolute Gasteiger partial charge is 0.374 e. The van der Waals surface area contributed by atoms with Gasteiger partial charge in [0.05, 0.1) is 19.4 Å². The van der Waals surface area contributed by atoms with E-state index in [2.05, 4.69) is 15.1 Å². The van der Waals surface area contributed by atoms with Gasteiger partial charge in [-0.3, -0.25) is 14.6 Å². The fourth-order valence-electron chi connectivity index (χ4n) is 3.00. The molecule has 1 amide bonds. The Hall–Kier alpha value is -1.86. The molecule has 1 aliphatic heterocycles. The maximum Gasteiger partial charge on any atom is 0.374 e. The first-order chi connectivity index (χ1) is 11.6. The molecule has 1 saturated heterocycles. The zero-order chi connectivity index (χ0) is 17.1. The molecule has 7 nitrogen and oxygen atoms in total. The third-order valence-electron chi connectivity index (χ3n) is 4.77. The molecule has 1 saturated carbocycles. The Morgan fingerprint density at radius 2 is 2.04 bits per heavy atom. The molecule has 7 heteroatoms. The summed E-state index contributed by atoms with van der Waals surface area (Å²) in [6.45, 7) is 6.01. The highest BCUT2D eigenvalue weighted by molar-refractivity contribution is 5.87. The van der Waals surface area contributed by atoms with Crippen molar-refractivity contribution in [3.8, 4) is 0 Å². The number of ether oxygens (including phenoxy) is 1. The van der Waals surface area contributed by atoms with E-state index in [0.29, 0.717) is 12.6 Å². The molecule has 1 aromatic heterocycles. The number of carbonyl (C=O) groups is 2. The molecule has 24 heavy (non-hydrogen) atoms. The average Bonchev–Trinajstić information content (AvgIpc) is 3.29. The molecule has 0 radical (unpaired) electrons. The van der Waals surface area contributed by atoms with Gasteiger partial charge in [-0.2, -0.15) is 0 Å². The number of carbonyl (C=O) groups excluding carboxylic acids is 2. The Labute approximate surface area is 141 Å². The Bertz CT molecular complexity index is 588. The van der Waals surface area contributed by atoms with E-state index < -0.39 is 5.97 Å². The van der Waals surface area contributed by atoms with Gasteiger partial charge in [0.2, 0.25) is 11.7 Å². The predicted octanol–water partition coefficient (Wildman–Crippen LogP) is 0.851. The largest absolute Gasteiger partial charge is 0.463 e. The van der Waals surface area contributed by atoms with Crippen LogP contribution in [0.5, 0.6) is 0 Å². The molecule has 132 valence electrons. The predicted molar refractivity (Wildman–Crippen MR) is 87.5 cm³/mol. The van der Waals surface area contributed by atoms with Gasteiger partial charge in [0, 0.05) is 44.3 Å². The fourth-order valence-corrected chi connectivity index (χ4v) is 3.00. The fraction of sp³-hybridized carbons (Fsp3) is 0.647. The number of rotatable bonds is 6. The summed E-state index contributed by atoms with van der Waals surface area (Å²) in [7, 11) is 1.35. The lowest BCUT2D eigenvalue weighted by Gasteiger charge is -2.37. The molecular weight excluding hydrogens is 310 g/mol. The summed E-state index contributed by atoms with van der Waals surface area (Å²) in [6.07, 6.45) is 3.74. The second-order valence-electron chi connectivity index (χ2n) is 6.54. The van der Waals surface area contributed by atoms with Gasteiger partial charge in [0.25, 0.3) is 0 Å². The van der Waals surface area contributed by atoms with Crippen molar-refractivity contribution < 1.29 is 18.7 Å². The highest BCUT2D eigenvalue weighted by Crippen LogP contribution is 2.20. The van der Waals surface area contributed by atoms with E-state index in [-0.39, 0.29) is 17.7 Å². The van der Waals surface area contributed by atoms with Gasteiger partial charge in [0.1, 0.15) is 0 Å². The van der Waals surface area contributed by atoms with E-state index in [1.807, 2.05) is 13.0 Å². The zero-order valence-electron chi connectivity index (χ0n) is 14.3. The van der Waals surface area contributed by atoms with Crippen LogP contribution < -0.4 is 5.32 Å². The molecule has 1 aromatic rings. The van der Waals surface area contributed by atoms with Gasteiger partial charge in [-0.05, 0) is 25.8 Å². The van der Waals surface area contributed by atoms with Gasteiger partial charge in [0.15, 0.2) is 0 Å². The van der Waals surface area contributed by atoms with Crippen LogP contribution in [-0.2, 0) is 16.1 Å². The zero-order valence-corrected chi connectivity index (χ0v) is 14.3. The third kappa shape index (κ3) is 3.96. The molecule has 0 spiro atoms. The molecule has 2 fully saturated rings. The molecule has 1 atom stereocenters. The summed E-state index contributed by atoms with van der Waals surface area (Å²) >= 11 is 0. The number of nitrogens with one attached hydrogen (secondary N) is 1. The van der Waals surface area contributed by atoms with Crippen LogP contribution in [0.1, 0.15) is 35.9 Å². The van der Waals surface area contributed by atoms with Crippen LogP contribution in [0, 0.1) is 0 Å². The molecule has 0 aromatic carbocycles. The molecule has 1 unspecified atom stereocenters. The van der Waals surface area contributed by atoms with Crippen LogP contribution in [-0.4, -0.2) is 67.0 Å². The van der Waals surface area contributed by atoms with Gasteiger partial charge in [-0.15, -0.1) is 0 Å². The minimum Gasteiger partial charge on any atom is -0.463 e. The summed E-state index contributed by atoms with van der Waals surface area (Å²) in [6, 6.07) is 2.12. The van der Waals surface area contributed by atoms with E-state index in [1.165, 1.54) is 13.4 Å². The number of amides is 1. The lowest BCUT2D eigenvalue weighted by molar-refractivity contribution is -0.126. The maximum absolute atomic E-state index is 12.2. The molecule has 3 rings (SSSR count). The Morgan fingerprint density at radius 1 is 1.33 bits per heavy atom. The summed E-state index contributed by atoms with van der Waals surface area (Å²) < 4.78 is 9.96. The van der Waals surface area contributed by atoms with Crippen molar-refractivity contribution in [3.63, 3.8) is 0 Å². The summed E-state index contributed by atoms with van der Waals surface area (Å²) in [5.41, 5.74) is 0.842. The molecule has 1 N–H and O–H groups in total. The lowest BCUT2D eigenvalue weighted by atomic mass is 10.2. The minimum atomic E-state index is -0.445. The van der Waals surface area contributed by atoms with Crippen LogP contribution in [0.15, 0.2) is 16.7 Å². The first-order valence-corrected chi connectivity index (χ1v) is 8.50. The van der Waals surface area contributed by atoms with Gasteiger partial charge >= 0.3 is 5.97 Å². The summed E-state index contributed by atoms with van der Waals surface area (Å²) in [5, 5.41) is 3.07. The normalized spacial score (nSPS) is 20.6.